The lowest BCUT2D eigenvalue weighted by atomic mass is 9.96. The van der Waals surface area contributed by atoms with Gasteiger partial charge in [-0.2, -0.15) is 0 Å². The molecular weight excluding hydrogens is 1110 g/mol. The number of hydrogen-bond acceptors (Lipinski definition) is 18. The van der Waals surface area contributed by atoms with E-state index >= 15 is 0 Å². The third-order valence-corrected chi connectivity index (χ3v) is 14.7. The van der Waals surface area contributed by atoms with Crippen LogP contribution < -0.4 is 5.32 Å². The van der Waals surface area contributed by atoms with Gasteiger partial charge in [0.15, 0.2) is 18.9 Å². The van der Waals surface area contributed by atoms with Crippen LogP contribution in [0, 0.1) is 0 Å². The topological polar surface area (TPSA) is 307 Å². The van der Waals surface area contributed by atoms with Crippen molar-refractivity contribution in [1.82, 2.24) is 5.32 Å². The summed E-state index contributed by atoms with van der Waals surface area (Å²) in [6.45, 7) is 1.44. The van der Waals surface area contributed by atoms with Crippen LogP contribution in [0.3, 0.4) is 0 Å². The van der Waals surface area contributed by atoms with E-state index in [1.54, 1.807) is 12.2 Å². The lowest BCUT2D eigenvalue weighted by Crippen LogP contribution is -2.66. The molecular formula is C67H107NO18. The van der Waals surface area contributed by atoms with Gasteiger partial charge >= 0.3 is 0 Å². The molecule has 3 saturated heterocycles. The first kappa shape index (κ1) is 76.2. The predicted octanol–water partition coefficient (Wildman–Crippen LogP) is 6.65. The zero-order chi connectivity index (χ0) is 62.6. The maximum absolute atomic E-state index is 13.3. The monoisotopic (exact) mass is 1210 g/mol. The highest BCUT2D eigenvalue weighted by molar-refractivity contribution is 5.76. The Morgan fingerprint density at radius 2 is 0.814 bits per heavy atom. The van der Waals surface area contributed by atoms with Gasteiger partial charge in [0.05, 0.1) is 38.6 Å². The van der Waals surface area contributed by atoms with Crippen molar-refractivity contribution in [3.05, 3.63) is 134 Å². The van der Waals surface area contributed by atoms with E-state index in [2.05, 4.69) is 141 Å². The minimum absolute atomic E-state index is 0.202. The van der Waals surface area contributed by atoms with Crippen molar-refractivity contribution < 1.29 is 89.4 Å². The van der Waals surface area contributed by atoms with Crippen LogP contribution >= 0.6 is 0 Å². The number of aliphatic hydroxyl groups is 11. The van der Waals surface area contributed by atoms with Gasteiger partial charge in [-0.3, -0.25) is 4.79 Å². The number of ether oxygens (including phenoxy) is 6. The molecule has 0 radical (unpaired) electrons. The molecule has 3 aliphatic rings. The molecule has 17 atom stereocenters. The molecule has 1 amide bonds. The number of allylic oxidation sites excluding steroid dienone is 21. The van der Waals surface area contributed by atoms with Gasteiger partial charge in [0.25, 0.3) is 0 Å². The van der Waals surface area contributed by atoms with Crippen molar-refractivity contribution in [3.63, 3.8) is 0 Å². The summed E-state index contributed by atoms with van der Waals surface area (Å²) < 4.78 is 34.1. The Kier molecular flexibility index (Phi) is 42.4. The van der Waals surface area contributed by atoms with Crippen LogP contribution in [0.5, 0.6) is 0 Å². The molecule has 0 aromatic heterocycles. The fourth-order valence-corrected chi connectivity index (χ4v) is 9.53. The second-order valence-corrected chi connectivity index (χ2v) is 21.8. The average molecular weight is 1210 g/mol. The fourth-order valence-electron chi connectivity index (χ4n) is 9.53. The van der Waals surface area contributed by atoms with Crippen LogP contribution in [0.2, 0.25) is 0 Å². The smallest absolute Gasteiger partial charge is 0.220 e. The summed E-state index contributed by atoms with van der Waals surface area (Å²) >= 11 is 0. The molecule has 3 heterocycles. The van der Waals surface area contributed by atoms with E-state index in [4.69, 9.17) is 28.4 Å². The summed E-state index contributed by atoms with van der Waals surface area (Å²) in [5.41, 5.74) is 0. The van der Waals surface area contributed by atoms with Crippen LogP contribution in [0.4, 0.5) is 0 Å². The third kappa shape index (κ3) is 30.4. The van der Waals surface area contributed by atoms with Crippen LogP contribution in [0.25, 0.3) is 0 Å². The molecule has 3 aliphatic heterocycles. The molecule has 12 N–H and O–H groups in total. The standard InChI is InChI=1S/C67H107NO18/c1-3-5-7-9-11-13-14-15-16-17-18-19-20-21-22-23-24-25-26-27-28-29-30-31-32-33-34-35-36-37-39-41-43-45-55(73)68-50(51(72)44-42-40-38-12-10-8-6-4-2)49-81-65-61(79)58(76)63(53(47-70)83-65)86-67-62(80)59(77)64(54(48-71)84-67)85-66-60(78)57(75)56(74)52(46-69)82-66/h5,7,10-13,15-16,18-19,21-22,24-25,27-28,30-31,33-34,42,44,50-54,56-67,69-72,74-80H,3-4,6,8-9,14,17,20,23,26,29,32,35-41,43,45-49H2,1-2H3,(H,68,73)/b7-5-,12-10+,13-11-,16-15-,19-18-,22-21-,25-24-,28-27-,31-30-,34-33-,44-42+. The van der Waals surface area contributed by atoms with Gasteiger partial charge < -0.3 is 89.9 Å². The first-order valence-electron chi connectivity index (χ1n) is 31.4. The van der Waals surface area contributed by atoms with E-state index in [1.807, 2.05) is 0 Å². The van der Waals surface area contributed by atoms with E-state index in [0.717, 1.165) is 116 Å². The minimum atomic E-state index is -1.99. The molecule has 19 heteroatoms. The second kappa shape index (κ2) is 47.9. The molecule has 3 rings (SSSR count). The quantitative estimate of drug-likeness (QED) is 0.0225. The van der Waals surface area contributed by atoms with Gasteiger partial charge in [-0.1, -0.05) is 180 Å². The summed E-state index contributed by atoms with van der Waals surface area (Å²) in [5, 5.41) is 120. The van der Waals surface area contributed by atoms with Crippen molar-refractivity contribution in [2.75, 3.05) is 26.4 Å². The highest BCUT2D eigenvalue weighted by Gasteiger charge is 2.53. The largest absolute Gasteiger partial charge is 0.394 e. The van der Waals surface area contributed by atoms with Crippen LogP contribution in [-0.4, -0.2) is 193 Å². The molecule has 0 bridgehead atoms. The Hall–Kier alpha value is -4.07. The number of nitrogens with one attached hydrogen (secondary N) is 1. The minimum Gasteiger partial charge on any atom is -0.394 e. The molecule has 0 aromatic rings. The van der Waals surface area contributed by atoms with E-state index in [1.165, 1.54) is 0 Å². The zero-order valence-corrected chi connectivity index (χ0v) is 51.0. The first-order valence-corrected chi connectivity index (χ1v) is 31.4. The summed E-state index contributed by atoms with van der Waals surface area (Å²) in [6, 6.07) is -1.01. The maximum atomic E-state index is 13.3. The summed E-state index contributed by atoms with van der Waals surface area (Å²) in [4.78, 5) is 13.3. The molecule has 0 spiro atoms. The molecule has 3 fully saturated rings. The number of carbonyl (C=O) groups is 1. The Morgan fingerprint density at radius 1 is 0.430 bits per heavy atom. The van der Waals surface area contributed by atoms with Gasteiger partial charge in [0, 0.05) is 6.42 Å². The Bertz CT molecular complexity index is 2080. The van der Waals surface area contributed by atoms with Crippen molar-refractivity contribution in [2.45, 2.75) is 253 Å². The highest BCUT2D eigenvalue weighted by atomic mass is 16.8. The van der Waals surface area contributed by atoms with Gasteiger partial charge in [-0.15, -0.1) is 0 Å². The number of rotatable bonds is 44. The van der Waals surface area contributed by atoms with Gasteiger partial charge in [-0.05, 0) is 96.3 Å². The third-order valence-electron chi connectivity index (χ3n) is 14.7. The zero-order valence-electron chi connectivity index (χ0n) is 51.0. The molecule has 17 unspecified atom stereocenters. The van der Waals surface area contributed by atoms with E-state index in [9.17, 15) is 61.0 Å². The second-order valence-electron chi connectivity index (χ2n) is 21.8. The molecule has 0 aromatic carbocycles. The molecule has 0 aliphatic carbocycles. The molecule has 19 nitrogen and oxygen atoms in total. The Morgan fingerprint density at radius 3 is 1.30 bits per heavy atom. The van der Waals surface area contributed by atoms with Crippen LogP contribution in [0.1, 0.15) is 149 Å². The number of aliphatic hydroxyl groups excluding tert-OH is 11. The average Bonchev–Trinajstić information content (AvgIpc) is 3.55. The summed E-state index contributed by atoms with van der Waals surface area (Å²) in [6.07, 6.45) is 39.1. The summed E-state index contributed by atoms with van der Waals surface area (Å²) in [7, 11) is 0. The van der Waals surface area contributed by atoms with Gasteiger partial charge in [0.2, 0.25) is 5.91 Å². The van der Waals surface area contributed by atoms with Crippen LogP contribution in [0.15, 0.2) is 134 Å². The van der Waals surface area contributed by atoms with Crippen molar-refractivity contribution >= 4 is 5.91 Å². The highest BCUT2D eigenvalue weighted by Crippen LogP contribution is 2.33. The molecule has 0 saturated carbocycles. The number of amides is 1. The Balaban J connectivity index is 1.38. The summed E-state index contributed by atoms with van der Waals surface area (Å²) in [5.74, 6) is -0.316. The van der Waals surface area contributed by atoms with Gasteiger partial charge in [0.1, 0.15) is 73.2 Å². The first-order chi connectivity index (χ1) is 41.8. The number of unbranched alkanes of at least 4 members (excludes halogenated alkanes) is 8. The van der Waals surface area contributed by atoms with Crippen LogP contribution in [-0.2, 0) is 33.2 Å². The van der Waals surface area contributed by atoms with Gasteiger partial charge in [-0.25, -0.2) is 0 Å². The lowest BCUT2D eigenvalue weighted by Gasteiger charge is -2.48. The van der Waals surface area contributed by atoms with Crippen molar-refractivity contribution in [1.29, 1.82) is 0 Å². The molecule has 86 heavy (non-hydrogen) atoms. The van der Waals surface area contributed by atoms with E-state index < -0.39 is 124 Å². The van der Waals surface area contributed by atoms with Crippen molar-refractivity contribution in [2.24, 2.45) is 0 Å². The number of carbonyl (C=O) groups excluding carboxylic acids is 1. The lowest BCUT2D eigenvalue weighted by molar-refractivity contribution is -0.379. The van der Waals surface area contributed by atoms with E-state index in [-0.39, 0.29) is 18.9 Å². The molecule has 488 valence electrons. The fraction of sp³-hybridized carbons (Fsp3) is 0.657. The van der Waals surface area contributed by atoms with E-state index in [0.29, 0.717) is 12.8 Å². The van der Waals surface area contributed by atoms with Crippen molar-refractivity contribution in [3.8, 4) is 0 Å². The number of hydrogen-bond donors (Lipinski definition) is 12. The maximum Gasteiger partial charge on any atom is 0.220 e. The predicted molar refractivity (Wildman–Crippen MR) is 332 cm³/mol. The SMILES string of the molecule is CC/C=C\C/C=C\C/C=C\C/C=C\C/C=C\C/C=C\C/C=C\C/C=C\C/C=C\CCCCCCCC(=O)NC(COC1OC(CO)C(OC2OC(CO)C(OC3OC(CO)C(O)C(O)C3O)C(O)C2O)C(O)C1O)C(O)/C=C/CC/C=C/CCCC. The Labute approximate surface area is 511 Å². The normalized spacial score (nSPS) is 29.7.